The van der Waals surface area contributed by atoms with Gasteiger partial charge in [0.15, 0.2) is 17.5 Å². The SMILES string of the molecule is Cn1cnc(Cn2c(=O)nc(Nc3cc4c(cc3Cl)OCC4)n(Cc3cc(F)c(F)c(Cl)c3)c2=O)n1. The summed E-state index contributed by atoms with van der Waals surface area (Å²) in [4.78, 5) is 34.4. The Balaban J connectivity index is 1.61. The minimum Gasteiger partial charge on any atom is -0.493 e. The van der Waals surface area contributed by atoms with Gasteiger partial charge >= 0.3 is 11.4 Å². The summed E-state index contributed by atoms with van der Waals surface area (Å²) in [6, 6.07) is 5.45. The van der Waals surface area contributed by atoms with Crippen molar-refractivity contribution in [3.63, 3.8) is 0 Å². The van der Waals surface area contributed by atoms with Crippen LogP contribution in [0.2, 0.25) is 10.0 Å². The molecule has 1 aliphatic heterocycles. The fourth-order valence-corrected chi connectivity index (χ4v) is 4.23. The first-order chi connectivity index (χ1) is 17.2. The summed E-state index contributed by atoms with van der Waals surface area (Å²) in [5.74, 6) is -1.69. The molecule has 4 aromatic rings. The largest absolute Gasteiger partial charge is 0.493 e. The Kier molecular flexibility index (Phi) is 6.22. The van der Waals surface area contributed by atoms with Crippen LogP contribution in [0.3, 0.4) is 0 Å². The molecule has 3 heterocycles. The van der Waals surface area contributed by atoms with E-state index < -0.39 is 28.0 Å². The number of halogens is 4. The van der Waals surface area contributed by atoms with Crippen molar-refractivity contribution in [1.82, 2.24) is 28.9 Å². The van der Waals surface area contributed by atoms with Gasteiger partial charge in [0.1, 0.15) is 12.1 Å². The highest BCUT2D eigenvalue weighted by atomic mass is 35.5. The third kappa shape index (κ3) is 4.56. The Bertz CT molecular complexity index is 1590. The van der Waals surface area contributed by atoms with E-state index in [4.69, 9.17) is 27.9 Å². The number of ether oxygens (including phenoxy) is 1. The van der Waals surface area contributed by atoms with E-state index in [9.17, 15) is 18.4 Å². The van der Waals surface area contributed by atoms with Gasteiger partial charge in [0, 0.05) is 19.5 Å². The number of rotatable bonds is 6. The van der Waals surface area contributed by atoms with Crippen LogP contribution in [-0.4, -0.2) is 35.5 Å². The lowest BCUT2D eigenvalue weighted by Gasteiger charge is -2.16. The second-order valence-electron chi connectivity index (χ2n) is 8.04. The van der Waals surface area contributed by atoms with Crippen LogP contribution in [0.5, 0.6) is 5.75 Å². The lowest BCUT2D eigenvalue weighted by molar-refractivity contribution is 0.357. The maximum absolute atomic E-state index is 14.0. The van der Waals surface area contributed by atoms with E-state index in [0.29, 0.717) is 24.5 Å². The van der Waals surface area contributed by atoms with Crippen LogP contribution < -0.4 is 21.4 Å². The van der Waals surface area contributed by atoms with E-state index in [1.807, 2.05) is 0 Å². The molecule has 1 aliphatic rings. The zero-order valence-corrected chi connectivity index (χ0v) is 20.1. The monoisotopic (exact) mass is 535 g/mol. The average Bonchev–Trinajstić information content (AvgIpc) is 3.45. The second kappa shape index (κ2) is 9.36. The summed E-state index contributed by atoms with van der Waals surface area (Å²) < 4.78 is 36.6. The molecule has 14 heteroatoms. The molecule has 0 saturated carbocycles. The van der Waals surface area contributed by atoms with E-state index in [1.165, 1.54) is 17.1 Å². The van der Waals surface area contributed by atoms with Gasteiger partial charge in [-0.15, -0.1) is 0 Å². The van der Waals surface area contributed by atoms with E-state index in [2.05, 4.69) is 20.4 Å². The molecular weight excluding hydrogens is 519 g/mol. The molecule has 0 bridgehead atoms. The number of anilines is 2. The number of nitrogens with zero attached hydrogens (tertiary/aromatic N) is 6. The normalized spacial score (nSPS) is 12.5. The van der Waals surface area contributed by atoms with Crippen molar-refractivity contribution in [2.24, 2.45) is 7.05 Å². The molecule has 0 radical (unpaired) electrons. The Labute approximate surface area is 211 Å². The quantitative estimate of drug-likeness (QED) is 0.378. The minimum atomic E-state index is -1.21. The average molecular weight is 536 g/mol. The minimum absolute atomic E-state index is 0.156. The van der Waals surface area contributed by atoms with Gasteiger partial charge in [-0.1, -0.05) is 23.2 Å². The predicted octanol–water partition coefficient (Wildman–Crippen LogP) is 2.89. The molecule has 2 aromatic heterocycles. The molecule has 0 fully saturated rings. The molecule has 5 rings (SSSR count). The van der Waals surface area contributed by atoms with Gasteiger partial charge in [-0.3, -0.25) is 9.25 Å². The third-order valence-corrected chi connectivity index (χ3v) is 6.09. The highest BCUT2D eigenvalue weighted by molar-refractivity contribution is 6.33. The number of nitrogens with one attached hydrogen (secondary N) is 1. The van der Waals surface area contributed by atoms with E-state index in [1.54, 1.807) is 19.2 Å². The van der Waals surface area contributed by atoms with Crippen molar-refractivity contribution >= 4 is 34.8 Å². The molecule has 0 atom stereocenters. The predicted molar refractivity (Wildman–Crippen MR) is 127 cm³/mol. The summed E-state index contributed by atoms with van der Waals surface area (Å²) in [7, 11) is 1.64. The number of benzene rings is 2. The number of aromatic nitrogens is 6. The van der Waals surface area contributed by atoms with Gasteiger partial charge in [0.05, 0.1) is 35.4 Å². The number of hydrogen-bond donors (Lipinski definition) is 1. The Hall–Kier alpha value is -3.77. The van der Waals surface area contributed by atoms with Crippen LogP contribution in [0.15, 0.2) is 40.2 Å². The van der Waals surface area contributed by atoms with Crippen LogP contribution in [-0.2, 0) is 26.6 Å². The molecular formula is C22H17Cl2F2N7O3. The fourth-order valence-electron chi connectivity index (χ4n) is 3.80. The molecule has 0 saturated heterocycles. The zero-order chi connectivity index (χ0) is 25.6. The van der Waals surface area contributed by atoms with Gasteiger partial charge in [0.2, 0.25) is 5.95 Å². The molecule has 10 nitrogen and oxygen atoms in total. The molecule has 2 aromatic carbocycles. The summed E-state index contributed by atoms with van der Waals surface area (Å²) in [5, 5.41) is 6.83. The standard InChI is InChI=1S/C22H17Cl2F2N7O3/c1-31-10-27-18(30-31)9-33-21(34)29-20(28-16-6-12-2-3-36-17(12)7-13(16)23)32(22(33)35)8-11-4-14(24)19(26)15(25)5-11/h4-7,10H,2-3,8-9H2,1H3,(H,28,29,34). The van der Waals surface area contributed by atoms with Crippen LogP contribution in [0, 0.1) is 11.6 Å². The van der Waals surface area contributed by atoms with E-state index in [-0.39, 0.29) is 35.4 Å². The van der Waals surface area contributed by atoms with Crippen LogP contribution in [0.25, 0.3) is 0 Å². The van der Waals surface area contributed by atoms with Gasteiger partial charge in [-0.2, -0.15) is 10.1 Å². The van der Waals surface area contributed by atoms with E-state index >= 15 is 0 Å². The molecule has 0 unspecified atom stereocenters. The Morgan fingerprint density at radius 1 is 1.08 bits per heavy atom. The second-order valence-corrected chi connectivity index (χ2v) is 8.86. The van der Waals surface area contributed by atoms with Gasteiger partial charge in [-0.25, -0.2) is 27.9 Å². The molecule has 36 heavy (non-hydrogen) atoms. The highest BCUT2D eigenvalue weighted by Crippen LogP contribution is 2.35. The van der Waals surface area contributed by atoms with Crippen molar-refractivity contribution in [2.45, 2.75) is 19.5 Å². The zero-order valence-electron chi connectivity index (χ0n) is 18.6. The number of fused-ring (bicyclic) bond motifs is 1. The first-order valence-corrected chi connectivity index (χ1v) is 11.4. The molecule has 1 N–H and O–H groups in total. The van der Waals surface area contributed by atoms with Crippen LogP contribution in [0.4, 0.5) is 20.4 Å². The maximum Gasteiger partial charge on any atom is 0.355 e. The Morgan fingerprint density at radius 2 is 1.89 bits per heavy atom. The van der Waals surface area contributed by atoms with Gasteiger partial charge in [0.25, 0.3) is 0 Å². The van der Waals surface area contributed by atoms with Gasteiger partial charge < -0.3 is 10.1 Å². The summed E-state index contributed by atoms with van der Waals surface area (Å²) in [5.41, 5.74) is -0.215. The van der Waals surface area contributed by atoms with E-state index in [0.717, 1.165) is 20.8 Å². The van der Waals surface area contributed by atoms with Crippen molar-refractivity contribution in [2.75, 3.05) is 11.9 Å². The summed E-state index contributed by atoms with van der Waals surface area (Å²) in [6.45, 7) is -0.0273. The maximum atomic E-state index is 14.0. The molecule has 0 spiro atoms. The number of aryl methyl sites for hydroxylation is 1. The van der Waals surface area contributed by atoms with Crippen molar-refractivity contribution < 1.29 is 13.5 Å². The topological polar surface area (TPSA) is 109 Å². The lowest BCUT2D eigenvalue weighted by Crippen LogP contribution is -2.43. The fraction of sp³-hybridized carbons (Fsp3) is 0.227. The van der Waals surface area contributed by atoms with Gasteiger partial charge in [-0.05, 0) is 29.3 Å². The third-order valence-electron chi connectivity index (χ3n) is 5.51. The van der Waals surface area contributed by atoms with Crippen molar-refractivity contribution in [3.8, 4) is 5.75 Å². The first kappa shape index (κ1) is 23.9. The lowest BCUT2D eigenvalue weighted by atomic mass is 10.1. The smallest absolute Gasteiger partial charge is 0.355 e. The molecule has 186 valence electrons. The highest BCUT2D eigenvalue weighted by Gasteiger charge is 2.20. The molecule has 0 aliphatic carbocycles. The Morgan fingerprint density at radius 3 is 2.61 bits per heavy atom. The van der Waals surface area contributed by atoms with Crippen LogP contribution >= 0.6 is 23.2 Å². The summed E-state index contributed by atoms with van der Waals surface area (Å²) in [6.07, 6.45) is 2.08. The summed E-state index contributed by atoms with van der Waals surface area (Å²) >= 11 is 12.2. The van der Waals surface area contributed by atoms with Crippen LogP contribution in [0.1, 0.15) is 17.0 Å². The van der Waals surface area contributed by atoms with Crippen molar-refractivity contribution in [3.05, 3.63) is 90.2 Å². The first-order valence-electron chi connectivity index (χ1n) is 10.6. The molecule has 0 amide bonds. The number of hydrogen-bond acceptors (Lipinski definition) is 7. The van der Waals surface area contributed by atoms with Crippen molar-refractivity contribution in [1.29, 1.82) is 0 Å².